The van der Waals surface area contributed by atoms with E-state index >= 15 is 0 Å². The number of hydrogen-bond donors (Lipinski definition) is 6. The number of hydrogen-bond acceptors (Lipinski definition) is 6. The summed E-state index contributed by atoms with van der Waals surface area (Å²) >= 11 is 0. The first-order valence-corrected chi connectivity index (χ1v) is 13.7. The molecule has 0 saturated carbocycles. The highest BCUT2D eigenvalue weighted by atomic mass is 35.5. The van der Waals surface area contributed by atoms with Crippen LogP contribution in [0.2, 0.25) is 0 Å². The van der Waals surface area contributed by atoms with Crippen molar-refractivity contribution < 1.29 is 27.9 Å². The maximum absolute atomic E-state index is 13.2. The third kappa shape index (κ3) is 13.7. The molecule has 0 heterocycles. The molecule has 0 unspecified atom stereocenters. The van der Waals surface area contributed by atoms with Gasteiger partial charge in [-0.2, -0.15) is 17.9 Å². The van der Waals surface area contributed by atoms with Gasteiger partial charge in [0, 0.05) is 6.54 Å². The van der Waals surface area contributed by atoms with Gasteiger partial charge >= 0.3 is 5.97 Å². The SMILES string of the molecule is CC(C)CNC(=O)[C@@H](NC(=O)[C@H](Cc1ccccc1)NS(=O)(=O)N[C@@H](CCCCN)C(=O)O)C(C)C.Cl. The lowest BCUT2D eigenvalue weighted by Gasteiger charge is -2.26. The number of aliphatic carboxylic acids is 1. The van der Waals surface area contributed by atoms with Crippen molar-refractivity contribution in [2.45, 2.75) is 71.5 Å². The van der Waals surface area contributed by atoms with Crippen molar-refractivity contribution in [3.63, 3.8) is 0 Å². The lowest BCUT2D eigenvalue weighted by atomic mass is 10.0. The Kier molecular flexibility index (Phi) is 16.2. The van der Waals surface area contributed by atoms with Gasteiger partial charge in [-0.25, -0.2) is 0 Å². The molecule has 1 rings (SSSR count). The molecular formula is C24H42ClN5O6S. The molecule has 212 valence electrons. The van der Waals surface area contributed by atoms with Crippen molar-refractivity contribution in [2.75, 3.05) is 13.1 Å². The molecule has 2 amide bonds. The highest BCUT2D eigenvalue weighted by Gasteiger charge is 2.32. The topological polar surface area (TPSA) is 180 Å². The minimum absolute atomic E-state index is 0. The zero-order valence-electron chi connectivity index (χ0n) is 21.9. The van der Waals surface area contributed by atoms with E-state index in [2.05, 4.69) is 20.1 Å². The van der Waals surface area contributed by atoms with E-state index in [-0.39, 0.29) is 43.0 Å². The molecule has 0 aliphatic heterocycles. The van der Waals surface area contributed by atoms with Crippen LogP contribution in [-0.4, -0.2) is 62.5 Å². The van der Waals surface area contributed by atoms with Gasteiger partial charge in [-0.05, 0) is 43.2 Å². The molecule has 0 aliphatic rings. The predicted octanol–water partition coefficient (Wildman–Crippen LogP) is 0.939. The number of amides is 2. The molecular weight excluding hydrogens is 522 g/mol. The third-order valence-electron chi connectivity index (χ3n) is 5.37. The van der Waals surface area contributed by atoms with E-state index < -0.39 is 40.2 Å². The number of carbonyl (C=O) groups is 3. The summed E-state index contributed by atoms with van der Waals surface area (Å²) in [5.74, 6) is -2.43. The highest BCUT2D eigenvalue weighted by Crippen LogP contribution is 2.09. The average molecular weight is 564 g/mol. The van der Waals surface area contributed by atoms with Gasteiger partial charge in [-0.3, -0.25) is 14.4 Å². The maximum Gasteiger partial charge on any atom is 0.321 e. The quantitative estimate of drug-likeness (QED) is 0.152. The lowest BCUT2D eigenvalue weighted by Crippen LogP contribution is -2.58. The zero-order chi connectivity index (χ0) is 27.3. The van der Waals surface area contributed by atoms with Crippen molar-refractivity contribution in [1.29, 1.82) is 0 Å². The molecule has 0 fully saturated rings. The van der Waals surface area contributed by atoms with E-state index in [1.54, 1.807) is 44.2 Å². The van der Waals surface area contributed by atoms with Crippen LogP contribution in [0.15, 0.2) is 30.3 Å². The molecule has 0 spiro atoms. The number of rotatable bonds is 17. The number of halogens is 1. The Hall–Kier alpha value is -2.25. The van der Waals surface area contributed by atoms with E-state index in [0.717, 1.165) is 0 Å². The minimum atomic E-state index is -4.40. The Morgan fingerprint density at radius 1 is 0.946 bits per heavy atom. The van der Waals surface area contributed by atoms with Crippen LogP contribution in [0.5, 0.6) is 0 Å². The van der Waals surface area contributed by atoms with Crippen LogP contribution >= 0.6 is 12.4 Å². The Morgan fingerprint density at radius 2 is 1.54 bits per heavy atom. The molecule has 37 heavy (non-hydrogen) atoms. The summed E-state index contributed by atoms with van der Waals surface area (Å²) in [6.45, 7) is 8.23. The molecule has 1 aromatic carbocycles. The van der Waals surface area contributed by atoms with Crippen LogP contribution in [0, 0.1) is 11.8 Å². The second-order valence-electron chi connectivity index (χ2n) is 9.53. The Bertz CT molecular complexity index is 946. The third-order valence-corrected chi connectivity index (χ3v) is 6.56. The van der Waals surface area contributed by atoms with Crippen LogP contribution in [-0.2, 0) is 31.0 Å². The first-order chi connectivity index (χ1) is 16.9. The molecule has 7 N–H and O–H groups in total. The van der Waals surface area contributed by atoms with Crippen molar-refractivity contribution in [3.8, 4) is 0 Å². The first-order valence-electron chi connectivity index (χ1n) is 12.2. The van der Waals surface area contributed by atoms with Gasteiger partial charge in [0.05, 0.1) is 0 Å². The number of nitrogens with one attached hydrogen (secondary N) is 4. The van der Waals surface area contributed by atoms with Gasteiger partial charge in [0.1, 0.15) is 18.1 Å². The van der Waals surface area contributed by atoms with E-state index in [9.17, 15) is 27.9 Å². The zero-order valence-corrected chi connectivity index (χ0v) is 23.5. The van der Waals surface area contributed by atoms with Gasteiger partial charge in [-0.1, -0.05) is 64.4 Å². The number of carboxylic acids is 1. The smallest absolute Gasteiger partial charge is 0.321 e. The van der Waals surface area contributed by atoms with Gasteiger partial charge in [-0.15, -0.1) is 12.4 Å². The summed E-state index contributed by atoms with van der Waals surface area (Å²) in [6, 6.07) is 5.24. The van der Waals surface area contributed by atoms with E-state index in [1.165, 1.54) is 0 Å². The molecule has 0 bridgehead atoms. The number of nitrogens with two attached hydrogens (primary N) is 1. The molecule has 0 aromatic heterocycles. The standard InChI is InChI=1S/C24H41N5O6S.ClH/c1-16(2)15-26-23(31)21(17(3)4)27-22(30)20(14-18-10-6-5-7-11-18)29-36(34,35)28-19(24(32)33)12-8-9-13-25;/h5-7,10-11,16-17,19-21,28-29H,8-9,12-15,25H2,1-4H3,(H,26,31)(H,27,30)(H,32,33);1H/t19-,20-,21-;/m0./s1. The average Bonchev–Trinajstić information content (AvgIpc) is 2.80. The van der Waals surface area contributed by atoms with Crippen molar-refractivity contribution in [1.82, 2.24) is 20.1 Å². The van der Waals surface area contributed by atoms with Gasteiger partial charge in [0.15, 0.2) is 0 Å². The van der Waals surface area contributed by atoms with Crippen LogP contribution in [0.4, 0.5) is 0 Å². The van der Waals surface area contributed by atoms with Crippen LogP contribution in [0.25, 0.3) is 0 Å². The first kappa shape index (κ1) is 34.8. The van der Waals surface area contributed by atoms with Gasteiger partial charge in [0.25, 0.3) is 10.2 Å². The summed E-state index contributed by atoms with van der Waals surface area (Å²) in [6.07, 6.45) is 1.02. The Balaban J connectivity index is 0.0000130. The summed E-state index contributed by atoms with van der Waals surface area (Å²) in [7, 11) is -4.40. The monoisotopic (exact) mass is 563 g/mol. The minimum Gasteiger partial charge on any atom is -0.480 e. The van der Waals surface area contributed by atoms with Crippen LogP contribution in [0.1, 0.15) is 52.5 Å². The summed E-state index contributed by atoms with van der Waals surface area (Å²) in [4.78, 5) is 37.5. The molecule has 3 atom stereocenters. The fourth-order valence-electron chi connectivity index (χ4n) is 3.38. The summed E-state index contributed by atoms with van der Waals surface area (Å²) in [5.41, 5.74) is 6.12. The summed E-state index contributed by atoms with van der Waals surface area (Å²) in [5, 5.41) is 14.9. The predicted molar refractivity (Wildman–Crippen MR) is 145 cm³/mol. The van der Waals surface area contributed by atoms with E-state index in [0.29, 0.717) is 31.5 Å². The van der Waals surface area contributed by atoms with E-state index in [4.69, 9.17) is 5.73 Å². The maximum atomic E-state index is 13.2. The van der Waals surface area contributed by atoms with Crippen LogP contribution in [0.3, 0.4) is 0 Å². The van der Waals surface area contributed by atoms with E-state index in [1.807, 2.05) is 13.8 Å². The lowest BCUT2D eigenvalue weighted by molar-refractivity contribution is -0.139. The van der Waals surface area contributed by atoms with Crippen molar-refractivity contribution >= 4 is 40.4 Å². The molecule has 0 saturated heterocycles. The van der Waals surface area contributed by atoms with Crippen molar-refractivity contribution in [2.24, 2.45) is 17.6 Å². The number of benzene rings is 1. The Morgan fingerprint density at radius 3 is 2.05 bits per heavy atom. The summed E-state index contributed by atoms with van der Waals surface area (Å²) < 4.78 is 30.1. The number of carboxylic acid groups (broad SMARTS) is 1. The fraction of sp³-hybridized carbons (Fsp3) is 0.625. The molecule has 0 aliphatic carbocycles. The normalized spacial score (nSPS) is 13.9. The molecule has 11 nitrogen and oxygen atoms in total. The molecule has 1 aromatic rings. The molecule has 0 radical (unpaired) electrons. The number of unbranched alkanes of at least 4 members (excludes halogenated alkanes) is 1. The largest absolute Gasteiger partial charge is 0.480 e. The van der Waals surface area contributed by atoms with Gasteiger partial charge in [0.2, 0.25) is 11.8 Å². The Labute approximate surface area is 226 Å². The fourth-order valence-corrected chi connectivity index (χ4v) is 4.60. The number of carbonyl (C=O) groups excluding carboxylic acids is 2. The van der Waals surface area contributed by atoms with Crippen molar-refractivity contribution in [3.05, 3.63) is 35.9 Å². The second-order valence-corrected chi connectivity index (χ2v) is 11.0. The highest BCUT2D eigenvalue weighted by molar-refractivity contribution is 7.87. The van der Waals surface area contributed by atoms with Crippen LogP contribution < -0.4 is 25.8 Å². The second kappa shape index (κ2) is 17.3. The van der Waals surface area contributed by atoms with Gasteiger partial charge < -0.3 is 21.5 Å². The molecule has 13 heteroatoms.